The van der Waals surface area contributed by atoms with Crippen LogP contribution >= 0.6 is 0 Å². The van der Waals surface area contributed by atoms with Gasteiger partial charge in [0.1, 0.15) is 0 Å². The van der Waals surface area contributed by atoms with Gasteiger partial charge in [0.25, 0.3) is 5.91 Å². The summed E-state index contributed by atoms with van der Waals surface area (Å²) in [4.78, 5) is 21.8. The zero-order valence-electron chi connectivity index (χ0n) is 17.5. The SMILES string of the molecule is CCn1nc(C(=O)N2CCCC2)c2c1CCN(Cc1cccn1-c1cccnc1)C2. The third-order valence-electron chi connectivity index (χ3n) is 6.25. The molecule has 5 heterocycles. The summed E-state index contributed by atoms with van der Waals surface area (Å²) >= 11 is 0. The molecule has 2 aliphatic heterocycles. The van der Waals surface area contributed by atoms with Crippen LogP contribution in [0.3, 0.4) is 0 Å². The van der Waals surface area contributed by atoms with Crippen LogP contribution in [0.4, 0.5) is 0 Å². The molecule has 30 heavy (non-hydrogen) atoms. The van der Waals surface area contributed by atoms with Gasteiger partial charge in [-0.1, -0.05) is 0 Å². The molecule has 0 unspecified atom stereocenters. The number of hydrogen-bond acceptors (Lipinski definition) is 4. The number of aromatic nitrogens is 4. The summed E-state index contributed by atoms with van der Waals surface area (Å²) in [6.07, 6.45) is 8.88. The predicted octanol–water partition coefficient (Wildman–Crippen LogP) is 2.88. The lowest BCUT2D eigenvalue weighted by molar-refractivity contribution is 0.0783. The van der Waals surface area contributed by atoms with E-state index in [9.17, 15) is 4.79 Å². The van der Waals surface area contributed by atoms with E-state index in [1.165, 1.54) is 11.4 Å². The van der Waals surface area contributed by atoms with Crippen LogP contribution in [0.1, 0.15) is 47.2 Å². The van der Waals surface area contributed by atoms with Crippen LogP contribution < -0.4 is 0 Å². The molecule has 3 aromatic rings. The first-order valence-electron chi connectivity index (χ1n) is 10.9. The molecule has 7 nitrogen and oxygen atoms in total. The van der Waals surface area contributed by atoms with Gasteiger partial charge in [-0.25, -0.2) is 0 Å². The van der Waals surface area contributed by atoms with Gasteiger partial charge in [-0.05, 0) is 44.0 Å². The Labute approximate surface area is 176 Å². The standard InChI is InChI=1S/C23H28N6O/c1-2-29-21-9-14-26(16-19-8-6-13-28(19)18-7-5-10-24-15-18)17-20(21)22(25-29)23(30)27-11-3-4-12-27/h5-8,10,13,15H,2-4,9,11-12,14,16-17H2,1H3. The Morgan fingerprint density at radius 3 is 2.77 bits per heavy atom. The van der Waals surface area contributed by atoms with E-state index in [-0.39, 0.29) is 5.91 Å². The Bertz CT molecular complexity index is 1030. The van der Waals surface area contributed by atoms with Crippen molar-refractivity contribution in [3.8, 4) is 5.69 Å². The minimum Gasteiger partial charge on any atom is -0.337 e. The molecule has 1 amide bonds. The van der Waals surface area contributed by atoms with Gasteiger partial charge in [-0.15, -0.1) is 0 Å². The summed E-state index contributed by atoms with van der Waals surface area (Å²) in [5, 5.41) is 4.74. The fourth-order valence-electron chi connectivity index (χ4n) is 4.71. The van der Waals surface area contributed by atoms with Gasteiger partial charge in [0.05, 0.1) is 11.9 Å². The highest BCUT2D eigenvalue weighted by molar-refractivity contribution is 5.94. The van der Waals surface area contributed by atoms with Gasteiger partial charge < -0.3 is 9.47 Å². The highest BCUT2D eigenvalue weighted by Crippen LogP contribution is 2.26. The topological polar surface area (TPSA) is 59.2 Å². The van der Waals surface area contributed by atoms with E-state index in [1.54, 1.807) is 6.20 Å². The van der Waals surface area contributed by atoms with Crippen LogP contribution in [0.2, 0.25) is 0 Å². The molecule has 0 atom stereocenters. The van der Waals surface area contributed by atoms with E-state index >= 15 is 0 Å². The number of aryl methyl sites for hydroxylation is 1. The van der Waals surface area contributed by atoms with Crippen LogP contribution in [-0.4, -0.2) is 54.7 Å². The smallest absolute Gasteiger partial charge is 0.274 e. The Balaban J connectivity index is 1.40. The van der Waals surface area contributed by atoms with Gasteiger partial charge in [-0.2, -0.15) is 5.10 Å². The molecule has 2 aliphatic rings. The Hall–Kier alpha value is -2.93. The molecule has 0 saturated carbocycles. The normalized spacial score (nSPS) is 16.8. The second kappa shape index (κ2) is 8.07. The number of amides is 1. The monoisotopic (exact) mass is 404 g/mol. The molecule has 0 aromatic carbocycles. The zero-order valence-corrected chi connectivity index (χ0v) is 17.5. The first-order valence-corrected chi connectivity index (χ1v) is 10.9. The summed E-state index contributed by atoms with van der Waals surface area (Å²) in [5.74, 6) is 0.108. The van der Waals surface area contributed by atoms with Crippen molar-refractivity contribution >= 4 is 5.91 Å². The van der Waals surface area contributed by atoms with Gasteiger partial charge in [-0.3, -0.25) is 19.4 Å². The van der Waals surface area contributed by atoms with Gasteiger partial charge >= 0.3 is 0 Å². The van der Waals surface area contributed by atoms with Crippen LogP contribution in [0.15, 0.2) is 42.9 Å². The lowest BCUT2D eigenvalue weighted by Gasteiger charge is -2.28. The Morgan fingerprint density at radius 1 is 1.13 bits per heavy atom. The number of rotatable bonds is 5. The van der Waals surface area contributed by atoms with Crippen molar-refractivity contribution in [1.29, 1.82) is 0 Å². The lowest BCUT2D eigenvalue weighted by atomic mass is 10.0. The maximum Gasteiger partial charge on any atom is 0.274 e. The quantitative estimate of drug-likeness (QED) is 0.656. The number of likely N-dealkylation sites (tertiary alicyclic amines) is 1. The number of nitrogens with zero attached hydrogens (tertiary/aromatic N) is 6. The van der Waals surface area contributed by atoms with Crippen molar-refractivity contribution in [2.75, 3.05) is 19.6 Å². The number of carbonyl (C=O) groups excluding carboxylic acids is 1. The first kappa shape index (κ1) is 19.1. The Kier molecular flexibility index (Phi) is 5.12. The van der Waals surface area contributed by atoms with Gasteiger partial charge in [0.2, 0.25) is 0 Å². The van der Waals surface area contributed by atoms with E-state index in [0.717, 1.165) is 69.8 Å². The Morgan fingerprint density at radius 2 is 2.00 bits per heavy atom. The molecule has 0 aliphatic carbocycles. The summed E-state index contributed by atoms with van der Waals surface area (Å²) in [6.45, 7) is 7.18. The van der Waals surface area contributed by atoms with E-state index in [0.29, 0.717) is 5.69 Å². The molecular formula is C23H28N6O. The molecule has 0 radical (unpaired) electrons. The third kappa shape index (κ3) is 3.43. The molecule has 5 rings (SSSR count). The average Bonchev–Trinajstić information content (AvgIpc) is 3.53. The summed E-state index contributed by atoms with van der Waals surface area (Å²) in [6, 6.07) is 8.27. The third-order valence-corrected chi connectivity index (χ3v) is 6.25. The zero-order chi connectivity index (χ0) is 20.5. The van der Waals surface area contributed by atoms with Crippen LogP contribution in [0.5, 0.6) is 0 Å². The molecule has 1 saturated heterocycles. The predicted molar refractivity (Wildman–Crippen MR) is 114 cm³/mol. The second-order valence-corrected chi connectivity index (χ2v) is 8.13. The van der Waals surface area contributed by atoms with E-state index in [1.807, 2.05) is 21.8 Å². The molecule has 1 fully saturated rings. The molecular weight excluding hydrogens is 376 g/mol. The van der Waals surface area contributed by atoms with Crippen molar-refractivity contribution in [3.63, 3.8) is 0 Å². The number of hydrogen-bond donors (Lipinski definition) is 0. The average molecular weight is 405 g/mol. The number of carbonyl (C=O) groups is 1. The molecule has 7 heteroatoms. The van der Waals surface area contributed by atoms with E-state index in [2.05, 4.69) is 45.8 Å². The summed E-state index contributed by atoms with van der Waals surface area (Å²) in [5.41, 5.74) is 5.32. The van der Waals surface area contributed by atoms with Crippen molar-refractivity contribution in [2.24, 2.45) is 0 Å². The maximum absolute atomic E-state index is 13.1. The molecule has 0 bridgehead atoms. The van der Waals surface area contributed by atoms with Crippen LogP contribution in [0, 0.1) is 0 Å². The first-order chi connectivity index (χ1) is 14.7. The van der Waals surface area contributed by atoms with Crippen LogP contribution in [-0.2, 0) is 26.1 Å². The van der Waals surface area contributed by atoms with E-state index in [4.69, 9.17) is 5.10 Å². The van der Waals surface area contributed by atoms with Crippen molar-refractivity contribution < 1.29 is 4.79 Å². The van der Waals surface area contributed by atoms with Crippen LogP contribution in [0.25, 0.3) is 5.69 Å². The largest absolute Gasteiger partial charge is 0.337 e. The number of fused-ring (bicyclic) bond motifs is 1. The van der Waals surface area contributed by atoms with Gasteiger partial charge in [0.15, 0.2) is 5.69 Å². The second-order valence-electron chi connectivity index (χ2n) is 8.13. The highest BCUT2D eigenvalue weighted by atomic mass is 16.2. The van der Waals surface area contributed by atoms with Gasteiger partial charge in [0, 0.05) is 75.0 Å². The molecule has 0 N–H and O–H groups in total. The minimum absolute atomic E-state index is 0.108. The molecule has 0 spiro atoms. The van der Waals surface area contributed by atoms with Crippen molar-refractivity contribution in [3.05, 3.63) is 65.5 Å². The summed E-state index contributed by atoms with van der Waals surface area (Å²) in [7, 11) is 0. The van der Waals surface area contributed by atoms with Crippen molar-refractivity contribution in [1.82, 2.24) is 29.1 Å². The fourth-order valence-corrected chi connectivity index (χ4v) is 4.71. The number of pyridine rings is 1. The molecule has 3 aromatic heterocycles. The van der Waals surface area contributed by atoms with E-state index < -0.39 is 0 Å². The summed E-state index contributed by atoms with van der Waals surface area (Å²) < 4.78 is 4.22. The van der Waals surface area contributed by atoms with Crippen molar-refractivity contribution in [2.45, 2.75) is 45.8 Å². The maximum atomic E-state index is 13.1. The highest BCUT2D eigenvalue weighted by Gasteiger charge is 2.31. The minimum atomic E-state index is 0.108. The lowest BCUT2D eigenvalue weighted by Crippen LogP contribution is -2.33. The molecule has 156 valence electrons. The fraction of sp³-hybridized carbons (Fsp3) is 0.435.